The van der Waals surface area contributed by atoms with Crippen LogP contribution in [0, 0.1) is 0 Å². The molecule has 0 saturated carbocycles. The van der Waals surface area contributed by atoms with Crippen LogP contribution in [0.4, 0.5) is 5.82 Å². The second-order valence-corrected chi connectivity index (χ2v) is 4.45. The van der Waals surface area contributed by atoms with Gasteiger partial charge < -0.3 is 5.73 Å². The van der Waals surface area contributed by atoms with Gasteiger partial charge >= 0.3 is 0 Å². The van der Waals surface area contributed by atoms with E-state index < -0.39 is 0 Å². The van der Waals surface area contributed by atoms with Crippen molar-refractivity contribution in [2.45, 2.75) is 6.42 Å². The average Bonchev–Trinajstić information content (AvgIpc) is 2.47. The van der Waals surface area contributed by atoms with Crippen molar-refractivity contribution in [3.05, 3.63) is 60.0 Å². The number of fused-ring (bicyclic) bond motifs is 1. The molecule has 2 aromatic heterocycles. The van der Waals surface area contributed by atoms with E-state index in [4.69, 9.17) is 5.73 Å². The normalized spacial score (nSPS) is 10.6. The molecule has 0 bridgehead atoms. The summed E-state index contributed by atoms with van der Waals surface area (Å²) in [6.45, 7) is 0. The minimum absolute atomic E-state index is 0.0168. The summed E-state index contributed by atoms with van der Waals surface area (Å²) in [5.74, 6) is 0.433. The summed E-state index contributed by atoms with van der Waals surface area (Å²) in [7, 11) is 0. The van der Waals surface area contributed by atoms with Gasteiger partial charge in [0, 0.05) is 30.6 Å². The Kier molecular flexibility index (Phi) is 3.09. The second-order valence-electron chi connectivity index (χ2n) is 4.45. The molecule has 0 aliphatic carbocycles. The molecule has 3 rings (SSSR count). The zero-order chi connectivity index (χ0) is 13.9. The summed E-state index contributed by atoms with van der Waals surface area (Å²) in [6, 6.07) is 8.82. The number of carbonyl (C=O) groups excluding carboxylic acids is 1. The lowest BCUT2D eigenvalue weighted by Crippen LogP contribution is -2.04. The molecule has 1 aromatic carbocycles. The SMILES string of the molecule is Nc1cc(CC(=O)c2ccc3nccnc3c2)ccn1. The van der Waals surface area contributed by atoms with Crippen molar-refractivity contribution in [2.75, 3.05) is 5.73 Å². The van der Waals surface area contributed by atoms with E-state index in [0.717, 1.165) is 11.1 Å². The average molecular weight is 264 g/mol. The van der Waals surface area contributed by atoms with Crippen LogP contribution in [0.15, 0.2) is 48.9 Å². The van der Waals surface area contributed by atoms with Crippen molar-refractivity contribution in [1.29, 1.82) is 0 Å². The topological polar surface area (TPSA) is 81.8 Å². The number of Topliss-reactive ketones (excluding diaryl/α,β-unsaturated/α-hetero) is 1. The number of pyridine rings is 1. The summed E-state index contributed by atoms with van der Waals surface area (Å²) in [5.41, 5.74) is 8.56. The van der Waals surface area contributed by atoms with E-state index in [1.807, 2.05) is 0 Å². The van der Waals surface area contributed by atoms with Crippen LogP contribution in [0.3, 0.4) is 0 Å². The molecule has 0 unspecified atom stereocenters. The van der Waals surface area contributed by atoms with E-state index in [0.29, 0.717) is 23.3 Å². The van der Waals surface area contributed by atoms with E-state index in [-0.39, 0.29) is 5.78 Å². The van der Waals surface area contributed by atoms with Gasteiger partial charge in [0.25, 0.3) is 0 Å². The van der Waals surface area contributed by atoms with Crippen LogP contribution < -0.4 is 5.73 Å². The predicted octanol–water partition coefficient (Wildman–Crippen LogP) is 2.03. The summed E-state index contributed by atoms with van der Waals surface area (Å²) in [5, 5.41) is 0. The van der Waals surface area contributed by atoms with Crippen molar-refractivity contribution >= 4 is 22.6 Å². The van der Waals surface area contributed by atoms with Gasteiger partial charge in [0.05, 0.1) is 11.0 Å². The molecule has 0 fully saturated rings. The molecule has 0 aliphatic rings. The van der Waals surface area contributed by atoms with Gasteiger partial charge in [-0.25, -0.2) is 4.98 Å². The molecule has 0 radical (unpaired) electrons. The van der Waals surface area contributed by atoms with Gasteiger partial charge in [0.2, 0.25) is 0 Å². The summed E-state index contributed by atoms with van der Waals surface area (Å²) >= 11 is 0. The van der Waals surface area contributed by atoms with E-state index in [2.05, 4.69) is 15.0 Å². The Labute approximate surface area is 115 Å². The molecule has 0 spiro atoms. The zero-order valence-electron chi connectivity index (χ0n) is 10.7. The Morgan fingerprint density at radius 2 is 1.75 bits per heavy atom. The predicted molar refractivity (Wildman–Crippen MR) is 76.2 cm³/mol. The van der Waals surface area contributed by atoms with Crippen molar-refractivity contribution in [2.24, 2.45) is 0 Å². The highest BCUT2D eigenvalue weighted by molar-refractivity contribution is 6.00. The van der Waals surface area contributed by atoms with Gasteiger partial charge in [0.15, 0.2) is 5.78 Å². The molecular weight excluding hydrogens is 252 g/mol. The van der Waals surface area contributed by atoms with Crippen molar-refractivity contribution in [3.63, 3.8) is 0 Å². The molecule has 98 valence electrons. The van der Waals surface area contributed by atoms with E-state index in [1.165, 1.54) is 0 Å². The monoisotopic (exact) mass is 264 g/mol. The maximum atomic E-state index is 12.3. The Balaban J connectivity index is 1.88. The van der Waals surface area contributed by atoms with Crippen LogP contribution >= 0.6 is 0 Å². The molecule has 0 saturated heterocycles. The highest BCUT2D eigenvalue weighted by atomic mass is 16.1. The number of nitrogens with zero attached hydrogens (tertiary/aromatic N) is 3. The third-order valence-electron chi connectivity index (χ3n) is 3.00. The van der Waals surface area contributed by atoms with Crippen LogP contribution in [0.2, 0.25) is 0 Å². The maximum absolute atomic E-state index is 12.3. The fourth-order valence-electron chi connectivity index (χ4n) is 2.03. The van der Waals surface area contributed by atoms with Gasteiger partial charge in [-0.2, -0.15) is 0 Å². The first-order chi connectivity index (χ1) is 9.72. The largest absolute Gasteiger partial charge is 0.384 e. The van der Waals surface area contributed by atoms with Gasteiger partial charge in [-0.1, -0.05) is 0 Å². The fraction of sp³-hybridized carbons (Fsp3) is 0.0667. The minimum atomic E-state index is 0.0168. The van der Waals surface area contributed by atoms with Crippen molar-refractivity contribution in [1.82, 2.24) is 15.0 Å². The maximum Gasteiger partial charge on any atom is 0.167 e. The number of anilines is 1. The van der Waals surface area contributed by atoms with Gasteiger partial charge in [-0.3, -0.25) is 14.8 Å². The highest BCUT2D eigenvalue weighted by Crippen LogP contribution is 2.14. The molecule has 2 heterocycles. The first-order valence-electron chi connectivity index (χ1n) is 6.17. The Bertz CT molecular complexity index is 785. The smallest absolute Gasteiger partial charge is 0.167 e. The van der Waals surface area contributed by atoms with Gasteiger partial charge in [-0.15, -0.1) is 0 Å². The van der Waals surface area contributed by atoms with E-state index in [9.17, 15) is 4.79 Å². The number of hydrogen-bond donors (Lipinski definition) is 1. The lowest BCUT2D eigenvalue weighted by molar-refractivity contribution is 0.0993. The van der Waals surface area contributed by atoms with Crippen LogP contribution in [-0.4, -0.2) is 20.7 Å². The number of benzene rings is 1. The first kappa shape index (κ1) is 12.2. The van der Waals surface area contributed by atoms with Crippen molar-refractivity contribution < 1.29 is 4.79 Å². The molecule has 0 amide bonds. The molecule has 5 nitrogen and oxygen atoms in total. The Morgan fingerprint density at radius 1 is 0.950 bits per heavy atom. The van der Waals surface area contributed by atoms with Crippen LogP contribution in [0.1, 0.15) is 15.9 Å². The van der Waals surface area contributed by atoms with Gasteiger partial charge in [0.1, 0.15) is 5.82 Å². The third kappa shape index (κ3) is 2.47. The number of nitrogens with two attached hydrogens (primary N) is 1. The number of ketones is 1. The molecule has 3 aromatic rings. The van der Waals surface area contributed by atoms with Gasteiger partial charge in [-0.05, 0) is 35.9 Å². The summed E-state index contributed by atoms with van der Waals surface area (Å²) in [4.78, 5) is 24.5. The van der Waals surface area contributed by atoms with Crippen LogP contribution in [0.25, 0.3) is 11.0 Å². The summed E-state index contributed by atoms with van der Waals surface area (Å²) < 4.78 is 0. The Morgan fingerprint density at radius 3 is 2.55 bits per heavy atom. The molecular formula is C15H12N4O. The Hall–Kier alpha value is -2.82. The lowest BCUT2D eigenvalue weighted by atomic mass is 10.0. The number of rotatable bonds is 3. The molecule has 2 N–H and O–H groups in total. The lowest BCUT2D eigenvalue weighted by Gasteiger charge is -2.03. The molecule has 0 atom stereocenters. The first-order valence-corrected chi connectivity index (χ1v) is 6.17. The minimum Gasteiger partial charge on any atom is -0.384 e. The summed E-state index contributed by atoms with van der Waals surface area (Å²) in [6.07, 6.45) is 5.13. The quantitative estimate of drug-likeness (QED) is 0.732. The number of nitrogen functional groups attached to an aromatic ring is 1. The standard InChI is InChI=1S/C15H12N4O/c16-15-8-10(3-4-19-15)7-14(20)11-1-2-12-13(9-11)18-6-5-17-12/h1-6,8-9H,7H2,(H2,16,19). The fourth-order valence-corrected chi connectivity index (χ4v) is 2.03. The number of carbonyl (C=O) groups is 1. The van der Waals surface area contributed by atoms with E-state index >= 15 is 0 Å². The molecule has 20 heavy (non-hydrogen) atoms. The molecule has 0 aliphatic heterocycles. The second kappa shape index (κ2) is 5.05. The molecule has 5 heteroatoms. The number of hydrogen-bond acceptors (Lipinski definition) is 5. The van der Waals surface area contributed by atoms with Crippen LogP contribution in [0.5, 0.6) is 0 Å². The highest BCUT2D eigenvalue weighted by Gasteiger charge is 2.09. The van der Waals surface area contributed by atoms with Crippen molar-refractivity contribution in [3.8, 4) is 0 Å². The van der Waals surface area contributed by atoms with Crippen LogP contribution in [-0.2, 0) is 6.42 Å². The zero-order valence-corrected chi connectivity index (χ0v) is 10.7. The third-order valence-corrected chi connectivity index (χ3v) is 3.00. The van der Waals surface area contributed by atoms with E-state index in [1.54, 1.807) is 48.9 Å². The number of aromatic nitrogens is 3.